The first-order valence-electron chi connectivity index (χ1n) is 10.2. The number of nitrogens with zero attached hydrogens (tertiary/aromatic N) is 1. The highest BCUT2D eigenvalue weighted by atomic mass is 16.2. The largest absolute Gasteiger partial charge is 0.348 e. The van der Waals surface area contributed by atoms with E-state index in [1.807, 2.05) is 13.0 Å². The van der Waals surface area contributed by atoms with Crippen LogP contribution in [0.2, 0.25) is 0 Å². The maximum absolute atomic E-state index is 12.2. The van der Waals surface area contributed by atoms with E-state index in [0.29, 0.717) is 25.2 Å². The zero-order chi connectivity index (χ0) is 19.9. The SMILES string of the molecule is Cc1ccc(NC(=O)C(=O)NCCC2=CCCCC2)cc1N1CCCCC1=O. The van der Waals surface area contributed by atoms with Gasteiger partial charge in [-0.25, -0.2) is 0 Å². The summed E-state index contributed by atoms with van der Waals surface area (Å²) < 4.78 is 0. The van der Waals surface area contributed by atoms with Crippen molar-refractivity contribution in [2.45, 2.75) is 58.3 Å². The van der Waals surface area contributed by atoms with Gasteiger partial charge in [-0.2, -0.15) is 0 Å². The van der Waals surface area contributed by atoms with E-state index in [-0.39, 0.29) is 5.91 Å². The summed E-state index contributed by atoms with van der Waals surface area (Å²) in [4.78, 5) is 38.3. The van der Waals surface area contributed by atoms with Crippen LogP contribution in [0, 0.1) is 6.92 Å². The summed E-state index contributed by atoms with van der Waals surface area (Å²) in [7, 11) is 0. The van der Waals surface area contributed by atoms with Crippen molar-refractivity contribution in [1.29, 1.82) is 0 Å². The fourth-order valence-electron chi connectivity index (χ4n) is 3.77. The van der Waals surface area contributed by atoms with E-state index in [1.165, 1.54) is 18.4 Å². The highest BCUT2D eigenvalue weighted by Gasteiger charge is 2.22. The monoisotopic (exact) mass is 383 g/mol. The first-order chi connectivity index (χ1) is 13.5. The van der Waals surface area contributed by atoms with E-state index in [1.54, 1.807) is 17.0 Å². The van der Waals surface area contributed by atoms with Crippen LogP contribution in [-0.4, -0.2) is 30.8 Å². The number of benzene rings is 1. The average Bonchev–Trinajstić information content (AvgIpc) is 2.70. The van der Waals surface area contributed by atoms with Gasteiger partial charge in [-0.05, 0) is 69.6 Å². The fourth-order valence-corrected chi connectivity index (χ4v) is 3.77. The molecule has 0 aromatic heterocycles. The van der Waals surface area contributed by atoms with Crippen LogP contribution in [0.3, 0.4) is 0 Å². The predicted molar refractivity (Wildman–Crippen MR) is 110 cm³/mol. The molecule has 0 radical (unpaired) electrons. The Bertz CT molecular complexity index is 785. The molecule has 0 atom stereocenters. The number of carbonyl (C=O) groups excluding carboxylic acids is 3. The molecule has 150 valence electrons. The van der Waals surface area contributed by atoms with E-state index < -0.39 is 11.8 Å². The molecule has 3 rings (SSSR count). The van der Waals surface area contributed by atoms with Gasteiger partial charge in [0.25, 0.3) is 0 Å². The van der Waals surface area contributed by atoms with Crippen molar-refractivity contribution < 1.29 is 14.4 Å². The Morgan fingerprint density at radius 2 is 1.89 bits per heavy atom. The Hall–Kier alpha value is -2.63. The zero-order valence-electron chi connectivity index (χ0n) is 16.6. The Morgan fingerprint density at radius 3 is 2.64 bits per heavy atom. The number of anilines is 2. The third-order valence-electron chi connectivity index (χ3n) is 5.40. The number of piperidine rings is 1. The number of hydrogen-bond donors (Lipinski definition) is 2. The molecular formula is C22H29N3O3. The highest BCUT2D eigenvalue weighted by Crippen LogP contribution is 2.27. The van der Waals surface area contributed by atoms with Gasteiger partial charge in [-0.1, -0.05) is 17.7 Å². The van der Waals surface area contributed by atoms with Gasteiger partial charge in [0.1, 0.15) is 0 Å². The number of allylic oxidation sites excluding steroid dienone is 1. The molecule has 0 unspecified atom stereocenters. The smallest absolute Gasteiger partial charge is 0.313 e. The van der Waals surface area contributed by atoms with Gasteiger partial charge in [0.15, 0.2) is 0 Å². The van der Waals surface area contributed by atoms with Crippen molar-refractivity contribution in [2.75, 3.05) is 23.3 Å². The third kappa shape index (κ3) is 5.21. The molecule has 1 saturated heterocycles. The van der Waals surface area contributed by atoms with Crippen LogP contribution >= 0.6 is 0 Å². The second-order valence-electron chi connectivity index (χ2n) is 7.57. The minimum atomic E-state index is -0.683. The van der Waals surface area contributed by atoms with Gasteiger partial charge in [0.05, 0.1) is 0 Å². The molecule has 6 nitrogen and oxygen atoms in total. The molecule has 3 amide bonds. The van der Waals surface area contributed by atoms with Gasteiger partial charge in [-0.3, -0.25) is 14.4 Å². The first kappa shape index (κ1) is 20.1. The molecule has 1 aromatic rings. The minimum Gasteiger partial charge on any atom is -0.348 e. The summed E-state index contributed by atoms with van der Waals surface area (Å²) in [6.07, 6.45) is 10.1. The van der Waals surface area contributed by atoms with Crippen LogP contribution in [0.15, 0.2) is 29.8 Å². The lowest BCUT2D eigenvalue weighted by molar-refractivity contribution is -0.136. The maximum Gasteiger partial charge on any atom is 0.313 e. The molecule has 2 aliphatic rings. The van der Waals surface area contributed by atoms with E-state index in [0.717, 1.165) is 43.4 Å². The molecule has 1 aliphatic carbocycles. The summed E-state index contributed by atoms with van der Waals surface area (Å²) in [5, 5.41) is 5.34. The number of nitrogens with one attached hydrogen (secondary N) is 2. The predicted octanol–water partition coefficient (Wildman–Crippen LogP) is 3.46. The van der Waals surface area contributed by atoms with Gasteiger partial charge < -0.3 is 15.5 Å². The zero-order valence-corrected chi connectivity index (χ0v) is 16.6. The second-order valence-corrected chi connectivity index (χ2v) is 7.57. The summed E-state index contributed by atoms with van der Waals surface area (Å²) in [6, 6.07) is 5.39. The molecule has 1 aromatic carbocycles. The molecule has 1 aliphatic heterocycles. The molecular weight excluding hydrogens is 354 g/mol. The van der Waals surface area contributed by atoms with E-state index in [4.69, 9.17) is 0 Å². The quantitative estimate of drug-likeness (QED) is 0.604. The van der Waals surface area contributed by atoms with Crippen molar-refractivity contribution >= 4 is 29.1 Å². The van der Waals surface area contributed by atoms with Gasteiger partial charge in [0, 0.05) is 30.9 Å². The van der Waals surface area contributed by atoms with Gasteiger partial charge >= 0.3 is 11.8 Å². The van der Waals surface area contributed by atoms with Crippen LogP contribution < -0.4 is 15.5 Å². The maximum atomic E-state index is 12.2. The Labute approximate surface area is 166 Å². The normalized spacial score (nSPS) is 17.1. The Kier molecular flexibility index (Phi) is 6.85. The number of hydrogen-bond acceptors (Lipinski definition) is 3. The lowest BCUT2D eigenvalue weighted by Crippen LogP contribution is -2.37. The minimum absolute atomic E-state index is 0.104. The molecule has 0 bridgehead atoms. The topological polar surface area (TPSA) is 78.5 Å². The average molecular weight is 383 g/mol. The summed E-state index contributed by atoms with van der Waals surface area (Å²) in [5.41, 5.74) is 3.65. The van der Waals surface area contributed by atoms with E-state index >= 15 is 0 Å². The van der Waals surface area contributed by atoms with Crippen molar-refractivity contribution in [3.63, 3.8) is 0 Å². The van der Waals surface area contributed by atoms with Gasteiger partial charge in [0.2, 0.25) is 5.91 Å². The lowest BCUT2D eigenvalue weighted by atomic mass is 9.97. The molecule has 2 N–H and O–H groups in total. The van der Waals surface area contributed by atoms with Crippen LogP contribution in [0.5, 0.6) is 0 Å². The number of aryl methyl sites for hydroxylation is 1. The van der Waals surface area contributed by atoms with Crippen molar-refractivity contribution in [2.24, 2.45) is 0 Å². The van der Waals surface area contributed by atoms with E-state index in [2.05, 4.69) is 16.7 Å². The molecule has 0 saturated carbocycles. The number of amides is 3. The summed E-state index contributed by atoms with van der Waals surface area (Å²) >= 11 is 0. The molecule has 28 heavy (non-hydrogen) atoms. The number of carbonyl (C=O) groups is 3. The van der Waals surface area contributed by atoms with Gasteiger partial charge in [-0.15, -0.1) is 0 Å². The third-order valence-corrected chi connectivity index (χ3v) is 5.40. The second kappa shape index (κ2) is 9.53. The molecule has 6 heteroatoms. The molecule has 1 fully saturated rings. The highest BCUT2D eigenvalue weighted by molar-refractivity contribution is 6.39. The van der Waals surface area contributed by atoms with E-state index in [9.17, 15) is 14.4 Å². The van der Waals surface area contributed by atoms with Crippen LogP contribution in [0.1, 0.15) is 56.9 Å². The molecule has 1 heterocycles. The lowest BCUT2D eigenvalue weighted by Gasteiger charge is -2.28. The number of rotatable bonds is 5. The van der Waals surface area contributed by atoms with Crippen LogP contribution in [0.4, 0.5) is 11.4 Å². The standard InChI is InChI=1S/C22H29N3O3/c1-16-10-11-18(15-19(16)25-14-6-5-9-20(25)26)24-22(28)21(27)23-13-12-17-7-3-2-4-8-17/h7,10-11,15H,2-6,8-9,12-14H2,1H3,(H,23,27)(H,24,28). The van der Waals surface area contributed by atoms with Crippen molar-refractivity contribution in [1.82, 2.24) is 5.32 Å². The first-order valence-corrected chi connectivity index (χ1v) is 10.2. The Balaban J connectivity index is 1.55. The fraction of sp³-hybridized carbons (Fsp3) is 0.500. The van der Waals surface area contributed by atoms with Crippen molar-refractivity contribution in [3.05, 3.63) is 35.4 Å². The Morgan fingerprint density at radius 1 is 1.07 bits per heavy atom. The summed E-state index contributed by atoms with van der Waals surface area (Å²) in [6.45, 7) is 3.10. The van der Waals surface area contributed by atoms with Crippen molar-refractivity contribution in [3.8, 4) is 0 Å². The summed E-state index contributed by atoms with van der Waals surface area (Å²) in [5.74, 6) is -1.21. The molecule has 0 spiro atoms. The van der Waals surface area contributed by atoms with Crippen LogP contribution in [0.25, 0.3) is 0 Å². The van der Waals surface area contributed by atoms with Crippen LogP contribution in [-0.2, 0) is 14.4 Å².